The van der Waals surface area contributed by atoms with Crippen LogP contribution in [-0.4, -0.2) is 150 Å². The predicted octanol–water partition coefficient (Wildman–Crippen LogP) is -0.509. The third kappa shape index (κ3) is 22.1. The van der Waals surface area contributed by atoms with Crippen LogP contribution in [0.5, 0.6) is 0 Å². The van der Waals surface area contributed by atoms with Crippen molar-refractivity contribution in [2.45, 2.75) is 164 Å². The summed E-state index contributed by atoms with van der Waals surface area (Å²) in [5, 5.41) is 36.0. The molecule has 1 aromatic heterocycles. The van der Waals surface area contributed by atoms with E-state index in [0.717, 1.165) is 42.1 Å². The number of amides is 9. The number of fused-ring (bicyclic) bond motifs is 1. The number of H-pyrrole nitrogens is 1. The molecule has 24 nitrogen and oxygen atoms in total. The lowest BCUT2D eigenvalue weighted by Crippen LogP contribution is -2.61. The Morgan fingerprint density at radius 3 is 1.63 bits per heavy atom. The van der Waals surface area contributed by atoms with E-state index in [4.69, 9.17) is 22.9 Å². The minimum atomic E-state index is -1.52. The van der Waals surface area contributed by atoms with Gasteiger partial charge in [-0.05, 0) is 100 Å². The van der Waals surface area contributed by atoms with Crippen LogP contribution in [0.15, 0.2) is 91.1 Å². The van der Waals surface area contributed by atoms with Crippen molar-refractivity contribution in [2.75, 3.05) is 32.7 Å². The highest BCUT2D eigenvalue weighted by Gasteiger charge is 2.36. The number of aromatic nitrogens is 1. The predicted molar refractivity (Wildman–Crippen MR) is 319 cm³/mol. The van der Waals surface area contributed by atoms with Gasteiger partial charge >= 0.3 is 0 Å². The van der Waals surface area contributed by atoms with Crippen LogP contribution < -0.4 is 70.8 Å². The van der Waals surface area contributed by atoms with Crippen molar-refractivity contribution in [1.82, 2.24) is 52.8 Å². The number of aliphatic hydroxyl groups is 1. The Bertz CT molecular complexity index is 2750. The maximum Gasteiger partial charge on any atom is 0.243 e. The first-order valence-corrected chi connectivity index (χ1v) is 29.4. The molecule has 19 N–H and O–H groups in total. The lowest BCUT2D eigenvalue weighted by atomic mass is 10.0. The van der Waals surface area contributed by atoms with Gasteiger partial charge in [0.25, 0.3) is 0 Å². The molecule has 84 heavy (non-hydrogen) atoms. The monoisotopic (exact) mass is 1160 g/mol. The number of aryl methyl sites for hydroxylation is 1. The average Bonchev–Trinajstić information content (AvgIpc) is 3.87. The molecule has 1 fully saturated rings. The second-order valence-electron chi connectivity index (χ2n) is 21.3. The number of rotatable bonds is 26. The number of benzene rings is 3. The Hall–Kier alpha value is -7.77. The highest BCUT2D eigenvalue weighted by Crippen LogP contribution is 2.20. The minimum absolute atomic E-state index is 0.0264. The highest BCUT2D eigenvalue weighted by atomic mass is 16.3. The Labute approximate surface area is 491 Å². The van der Waals surface area contributed by atoms with Crippen molar-refractivity contribution in [3.8, 4) is 0 Å². The van der Waals surface area contributed by atoms with Gasteiger partial charge in [-0.15, -0.1) is 0 Å². The summed E-state index contributed by atoms with van der Waals surface area (Å²) in [4.78, 5) is 132. The number of para-hydroxylation sites is 1. The molecule has 4 aromatic rings. The molecule has 458 valence electrons. The fourth-order valence-electron chi connectivity index (χ4n) is 9.95. The highest BCUT2D eigenvalue weighted by molar-refractivity contribution is 5.98. The van der Waals surface area contributed by atoms with Gasteiger partial charge in [0.2, 0.25) is 53.2 Å². The minimum Gasteiger partial charge on any atom is -0.393 e. The number of carbonyl (C=O) groups is 9. The topological polar surface area (TPSA) is 402 Å². The van der Waals surface area contributed by atoms with Crippen molar-refractivity contribution >= 4 is 64.1 Å². The standard InChI is InChI=1S/C60H88N14O10/c1-2-3-4-5-12-19-41(75)36-52(76)67-45(24-29-61)55(79)72-49-28-33-65-53(77)51(35-40-37-66-43-21-14-13-20-42(40)43)74-58(82)48(27-32-64)70-56(80)46(25-30-62)69-54(78)44(23-22-38-15-8-6-9-16-38)68-60(84)50(34-39-17-10-7-11-18-39)73-57(81)47(26-31-63)71-59(49)83/h6-11,13-18,20-21,37,41,44-51,66,75H,2-5,12,19,22-36,61-64H2,1H3,(H,65,77)(H,67,76)(H,68,84)(H,69,78)(H,70,80)(H,71,83)(H,72,79)(H,73,81)(H,74,82)/t41-,44+,45-,46+,47+,48+,49+,50-,51+/m1/s1. The van der Waals surface area contributed by atoms with Crippen molar-refractivity contribution < 1.29 is 48.3 Å². The number of carbonyl (C=O) groups excluding carboxylic acids is 9. The summed E-state index contributed by atoms with van der Waals surface area (Å²) in [5.41, 5.74) is 26.8. The van der Waals surface area contributed by atoms with E-state index in [1.807, 2.05) is 54.6 Å². The van der Waals surface area contributed by atoms with E-state index in [1.165, 1.54) is 0 Å². The van der Waals surface area contributed by atoms with Crippen molar-refractivity contribution in [2.24, 2.45) is 22.9 Å². The van der Waals surface area contributed by atoms with E-state index in [1.54, 1.807) is 36.5 Å². The van der Waals surface area contributed by atoms with E-state index < -0.39 is 108 Å². The van der Waals surface area contributed by atoms with Gasteiger partial charge in [0.1, 0.15) is 48.3 Å². The van der Waals surface area contributed by atoms with Gasteiger partial charge in [0.05, 0.1) is 12.5 Å². The lowest BCUT2D eigenvalue weighted by molar-refractivity contribution is -0.136. The maximum absolute atomic E-state index is 14.7. The van der Waals surface area contributed by atoms with Crippen molar-refractivity contribution in [1.29, 1.82) is 0 Å². The SMILES string of the molecule is CCCCCCC[C@@H](O)CC(=O)N[C@H](CCN)C(=O)N[C@H]1CCNC(=O)[C@H](Cc2c[nH]c3ccccc23)NC(=O)[C@H](CCN)NC(=O)[C@H](CCN)NC(=O)[C@H](CCc2ccccc2)NC(=O)[C@@H](Cc2ccccc2)NC(=O)[C@H](CCN)NC1=O. The molecule has 0 bridgehead atoms. The Balaban J connectivity index is 1.54. The van der Waals surface area contributed by atoms with Crippen LogP contribution in [0.3, 0.4) is 0 Å². The van der Waals surface area contributed by atoms with Gasteiger partial charge < -0.3 is 80.9 Å². The van der Waals surface area contributed by atoms with Gasteiger partial charge in [-0.3, -0.25) is 43.2 Å². The average molecular weight is 1170 g/mol. The number of hydrogen-bond donors (Lipinski definition) is 15. The quantitative estimate of drug-likeness (QED) is 0.0353. The van der Waals surface area contributed by atoms with Gasteiger partial charge in [-0.25, -0.2) is 0 Å². The first kappa shape index (κ1) is 67.0. The third-order valence-electron chi connectivity index (χ3n) is 14.6. The molecule has 2 heterocycles. The smallest absolute Gasteiger partial charge is 0.243 e. The van der Waals surface area contributed by atoms with Crippen LogP contribution in [0, 0.1) is 0 Å². The Morgan fingerprint density at radius 1 is 0.560 bits per heavy atom. The van der Waals surface area contributed by atoms with E-state index in [0.29, 0.717) is 30.4 Å². The second-order valence-corrected chi connectivity index (χ2v) is 21.3. The summed E-state index contributed by atoms with van der Waals surface area (Å²) in [6, 6.07) is 14.4. The molecule has 3 aromatic carbocycles. The molecular formula is C60H88N14O10. The molecule has 5 rings (SSSR count). The van der Waals surface area contributed by atoms with Crippen LogP contribution in [-0.2, 0) is 62.4 Å². The first-order chi connectivity index (χ1) is 40.6. The second kappa shape index (κ2) is 36.1. The van der Waals surface area contributed by atoms with Gasteiger partial charge in [-0.1, -0.05) is 118 Å². The molecule has 1 aliphatic heterocycles. The number of unbranched alkanes of at least 4 members (excludes halogenated alkanes) is 4. The zero-order chi connectivity index (χ0) is 60.8. The van der Waals surface area contributed by atoms with Gasteiger partial charge in [-0.2, -0.15) is 0 Å². The molecule has 0 radical (unpaired) electrons. The summed E-state index contributed by atoms with van der Waals surface area (Å²) in [5.74, 6) is -7.06. The first-order valence-electron chi connectivity index (χ1n) is 29.4. The van der Waals surface area contributed by atoms with E-state index in [2.05, 4.69) is 59.8 Å². The normalized spacial score (nSPS) is 21.5. The summed E-state index contributed by atoms with van der Waals surface area (Å²) in [6.07, 6.45) is 4.99. The molecule has 0 saturated carbocycles. The maximum atomic E-state index is 14.7. The largest absolute Gasteiger partial charge is 0.393 e. The molecule has 0 spiro atoms. The van der Waals surface area contributed by atoms with Gasteiger partial charge in [0, 0.05) is 36.5 Å². The van der Waals surface area contributed by atoms with Crippen LogP contribution in [0.2, 0.25) is 0 Å². The van der Waals surface area contributed by atoms with Crippen LogP contribution >= 0.6 is 0 Å². The van der Waals surface area contributed by atoms with E-state index in [-0.39, 0.29) is 90.5 Å². The van der Waals surface area contributed by atoms with E-state index >= 15 is 0 Å². The number of aliphatic hydroxyl groups excluding tert-OH is 1. The van der Waals surface area contributed by atoms with Gasteiger partial charge in [0.15, 0.2) is 0 Å². The molecular weight excluding hydrogens is 1080 g/mol. The summed E-state index contributed by atoms with van der Waals surface area (Å²) in [6.45, 7) is 1.43. The fraction of sp³-hybridized carbons (Fsp3) is 0.517. The fourth-order valence-corrected chi connectivity index (χ4v) is 9.95. The van der Waals surface area contributed by atoms with Crippen LogP contribution in [0.4, 0.5) is 0 Å². The number of nitrogens with two attached hydrogens (primary N) is 4. The molecule has 1 aliphatic rings. The Kier molecular flexibility index (Phi) is 28.8. The third-order valence-corrected chi connectivity index (χ3v) is 14.6. The van der Waals surface area contributed by atoms with Crippen LogP contribution in [0.1, 0.15) is 107 Å². The number of hydrogen-bond acceptors (Lipinski definition) is 14. The van der Waals surface area contributed by atoms with Crippen molar-refractivity contribution in [3.05, 3.63) is 108 Å². The zero-order valence-electron chi connectivity index (χ0n) is 48.1. The number of nitrogens with one attached hydrogen (secondary N) is 10. The molecule has 24 heteroatoms. The Morgan fingerprint density at radius 2 is 1.06 bits per heavy atom. The molecule has 1 saturated heterocycles. The van der Waals surface area contributed by atoms with Crippen LogP contribution in [0.25, 0.3) is 10.9 Å². The molecule has 9 atom stereocenters. The lowest BCUT2D eigenvalue weighted by Gasteiger charge is -2.28. The van der Waals surface area contributed by atoms with E-state index in [9.17, 15) is 48.3 Å². The van der Waals surface area contributed by atoms with Crippen molar-refractivity contribution in [3.63, 3.8) is 0 Å². The molecule has 0 unspecified atom stereocenters. The molecule has 9 amide bonds. The molecule has 0 aliphatic carbocycles. The summed E-state index contributed by atoms with van der Waals surface area (Å²) in [7, 11) is 0. The summed E-state index contributed by atoms with van der Waals surface area (Å²) >= 11 is 0. The number of aromatic amines is 1. The zero-order valence-corrected chi connectivity index (χ0v) is 48.1. The summed E-state index contributed by atoms with van der Waals surface area (Å²) < 4.78 is 0.